The third-order valence-electron chi connectivity index (χ3n) is 4.92. The van der Waals surface area contributed by atoms with Crippen LogP contribution in [0.15, 0.2) is 66.0 Å². The van der Waals surface area contributed by atoms with Gasteiger partial charge in [-0.15, -0.1) is 11.3 Å². The van der Waals surface area contributed by atoms with Crippen molar-refractivity contribution in [1.29, 1.82) is 0 Å². The number of benzene rings is 3. The van der Waals surface area contributed by atoms with Crippen molar-refractivity contribution in [2.24, 2.45) is 0 Å². The second-order valence-electron chi connectivity index (χ2n) is 7.21. The van der Waals surface area contributed by atoms with Gasteiger partial charge in [0.15, 0.2) is 11.5 Å². The molecule has 0 bridgehead atoms. The molecule has 0 aliphatic heterocycles. The summed E-state index contributed by atoms with van der Waals surface area (Å²) in [5, 5.41) is 4.90. The highest BCUT2D eigenvalue weighted by Gasteiger charge is 2.15. The Morgan fingerprint density at radius 2 is 1.76 bits per heavy atom. The number of aromatic nitrogens is 1. The van der Waals surface area contributed by atoms with Gasteiger partial charge in [0.05, 0.1) is 12.7 Å². The van der Waals surface area contributed by atoms with Gasteiger partial charge in [0, 0.05) is 17.5 Å². The summed E-state index contributed by atoms with van der Waals surface area (Å²) in [7, 11) is 1.45. The number of carbonyl (C=O) groups is 1. The number of hydrogen-bond acceptors (Lipinski definition) is 5. The minimum Gasteiger partial charge on any atom is -0.493 e. The first kappa shape index (κ1) is 23.3. The zero-order chi connectivity index (χ0) is 24.1. The van der Waals surface area contributed by atoms with Gasteiger partial charge in [0.25, 0.3) is 5.91 Å². The van der Waals surface area contributed by atoms with Crippen LogP contribution >= 0.6 is 11.3 Å². The van der Waals surface area contributed by atoms with Crippen molar-refractivity contribution in [2.75, 3.05) is 7.11 Å². The van der Waals surface area contributed by atoms with Crippen molar-refractivity contribution < 1.29 is 27.4 Å². The van der Waals surface area contributed by atoms with Crippen molar-refractivity contribution in [2.45, 2.75) is 13.2 Å². The lowest BCUT2D eigenvalue weighted by Gasteiger charge is -2.12. The average molecular weight is 484 g/mol. The number of thiazole rings is 1. The third-order valence-corrected chi connectivity index (χ3v) is 5.81. The molecule has 0 saturated heterocycles. The molecular weight excluding hydrogens is 465 g/mol. The second-order valence-corrected chi connectivity index (χ2v) is 8.06. The number of nitrogens with zero attached hydrogens (tertiary/aromatic N) is 1. The van der Waals surface area contributed by atoms with E-state index < -0.39 is 11.6 Å². The average Bonchev–Trinajstić information content (AvgIpc) is 3.33. The number of ether oxygens (including phenoxy) is 2. The quantitative estimate of drug-likeness (QED) is 0.346. The van der Waals surface area contributed by atoms with Crippen molar-refractivity contribution in [3.05, 3.63) is 100 Å². The topological polar surface area (TPSA) is 60.5 Å². The Hall–Kier alpha value is -3.85. The summed E-state index contributed by atoms with van der Waals surface area (Å²) in [6.07, 6.45) is 0. The number of halogens is 3. The van der Waals surface area contributed by atoms with Crippen LogP contribution in [0.5, 0.6) is 11.5 Å². The van der Waals surface area contributed by atoms with Gasteiger partial charge >= 0.3 is 0 Å². The Bertz CT molecular complexity index is 1310. The molecule has 3 aromatic carbocycles. The second kappa shape index (κ2) is 10.4. The van der Waals surface area contributed by atoms with Crippen LogP contribution in [0.4, 0.5) is 13.2 Å². The standard InChI is InChI=1S/C25H19F3N2O3S/c1-32-23-11-16(8-9-22(23)33-13-18-19(27)6-3-7-20(18)28)25-30-21(14-34-25)24(31)29-12-15-4-2-5-17(26)10-15/h2-11,14H,12-13H2,1H3,(H,29,31). The van der Waals surface area contributed by atoms with E-state index in [2.05, 4.69) is 10.3 Å². The normalized spacial score (nSPS) is 10.7. The largest absolute Gasteiger partial charge is 0.493 e. The van der Waals surface area contributed by atoms with E-state index in [1.54, 1.807) is 35.7 Å². The summed E-state index contributed by atoms with van der Waals surface area (Å²) in [4.78, 5) is 16.8. The van der Waals surface area contributed by atoms with Gasteiger partial charge in [0.2, 0.25) is 0 Å². The van der Waals surface area contributed by atoms with Crippen LogP contribution in [0, 0.1) is 17.5 Å². The third kappa shape index (κ3) is 5.37. The van der Waals surface area contributed by atoms with Crippen LogP contribution in [0.1, 0.15) is 21.6 Å². The molecule has 0 radical (unpaired) electrons. The van der Waals surface area contributed by atoms with Gasteiger partial charge in [-0.05, 0) is 48.0 Å². The molecule has 9 heteroatoms. The number of amides is 1. The van der Waals surface area contributed by atoms with E-state index in [-0.39, 0.29) is 36.1 Å². The van der Waals surface area contributed by atoms with Crippen LogP contribution < -0.4 is 14.8 Å². The van der Waals surface area contributed by atoms with E-state index in [1.165, 1.54) is 36.6 Å². The fourth-order valence-electron chi connectivity index (χ4n) is 3.17. The van der Waals surface area contributed by atoms with E-state index in [9.17, 15) is 18.0 Å². The summed E-state index contributed by atoms with van der Waals surface area (Å²) < 4.78 is 51.9. The number of methoxy groups -OCH3 is 1. The lowest BCUT2D eigenvalue weighted by Crippen LogP contribution is -2.23. The fraction of sp³-hybridized carbons (Fsp3) is 0.120. The van der Waals surface area contributed by atoms with Crippen molar-refractivity contribution >= 4 is 17.2 Å². The first-order chi connectivity index (χ1) is 16.4. The molecule has 0 atom stereocenters. The van der Waals surface area contributed by atoms with E-state index in [4.69, 9.17) is 9.47 Å². The molecule has 0 aliphatic carbocycles. The first-order valence-electron chi connectivity index (χ1n) is 10.2. The highest BCUT2D eigenvalue weighted by atomic mass is 32.1. The molecule has 34 heavy (non-hydrogen) atoms. The predicted molar refractivity (Wildman–Crippen MR) is 122 cm³/mol. The van der Waals surface area contributed by atoms with Crippen molar-refractivity contribution in [1.82, 2.24) is 10.3 Å². The lowest BCUT2D eigenvalue weighted by molar-refractivity contribution is 0.0946. The molecule has 1 N–H and O–H groups in total. The molecule has 5 nitrogen and oxygen atoms in total. The molecule has 1 amide bonds. The Morgan fingerprint density at radius 3 is 2.50 bits per heavy atom. The minimum atomic E-state index is -0.693. The van der Waals surface area contributed by atoms with Crippen LogP contribution in [-0.2, 0) is 13.2 Å². The molecule has 0 unspecified atom stereocenters. The number of rotatable bonds is 8. The maximum Gasteiger partial charge on any atom is 0.271 e. The number of carbonyl (C=O) groups excluding carboxylic acids is 1. The molecule has 0 saturated carbocycles. The van der Waals surface area contributed by atoms with E-state index in [0.29, 0.717) is 27.6 Å². The molecule has 1 aromatic heterocycles. The molecule has 4 rings (SSSR count). The summed E-state index contributed by atoms with van der Waals surface area (Å²) in [5.41, 5.74) is 1.36. The van der Waals surface area contributed by atoms with Crippen LogP contribution in [0.3, 0.4) is 0 Å². The number of nitrogens with one attached hydrogen (secondary N) is 1. The maximum absolute atomic E-state index is 13.9. The minimum absolute atomic E-state index is 0.173. The molecule has 1 heterocycles. The van der Waals surface area contributed by atoms with Gasteiger partial charge in [-0.2, -0.15) is 0 Å². The predicted octanol–water partition coefficient (Wildman–Crippen LogP) is 5.75. The van der Waals surface area contributed by atoms with Crippen LogP contribution in [0.2, 0.25) is 0 Å². The summed E-state index contributed by atoms with van der Waals surface area (Å²) >= 11 is 1.27. The van der Waals surface area contributed by atoms with Gasteiger partial charge in [-0.1, -0.05) is 18.2 Å². The SMILES string of the molecule is COc1cc(-c2nc(C(=O)NCc3cccc(F)c3)cs2)ccc1OCc1c(F)cccc1F. The molecule has 4 aromatic rings. The summed E-state index contributed by atoms with van der Waals surface area (Å²) in [6.45, 7) is -0.132. The highest BCUT2D eigenvalue weighted by Crippen LogP contribution is 2.34. The molecular formula is C25H19F3N2O3S. The van der Waals surface area contributed by atoms with Gasteiger partial charge < -0.3 is 14.8 Å². The van der Waals surface area contributed by atoms with Crippen LogP contribution in [0.25, 0.3) is 10.6 Å². The van der Waals surface area contributed by atoms with E-state index in [1.807, 2.05) is 0 Å². The highest BCUT2D eigenvalue weighted by molar-refractivity contribution is 7.13. The van der Waals surface area contributed by atoms with E-state index in [0.717, 1.165) is 12.1 Å². The zero-order valence-electron chi connectivity index (χ0n) is 18.0. The van der Waals surface area contributed by atoms with Gasteiger partial charge in [0.1, 0.15) is 34.8 Å². The Kier molecular flexibility index (Phi) is 7.12. The lowest BCUT2D eigenvalue weighted by atomic mass is 10.2. The summed E-state index contributed by atoms with van der Waals surface area (Å²) in [6, 6.07) is 14.6. The Labute approximate surface area is 197 Å². The molecule has 0 spiro atoms. The Balaban J connectivity index is 1.45. The zero-order valence-corrected chi connectivity index (χ0v) is 18.8. The van der Waals surface area contributed by atoms with Crippen LogP contribution in [-0.4, -0.2) is 18.0 Å². The maximum atomic E-state index is 13.9. The smallest absolute Gasteiger partial charge is 0.271 e. The Morgan fingerprint density at radius 1 is 1.00 bits per heavy atom. The summed E-state index contributed by atoms with van der Waals surface area (Å²) in [5.74, 6) is -1.49. The van der Waals surface area contributed by atoms with Crippen molar-refractivity contribution in [3.63, 3.8) is 0 Å². The van der Waals surface area contributed by atoms with E-state index >= 15 is 0 Å². The fourth-order valence-corrected chi connectivity index (χ4v) is 3.97. The molecule has 174 valence electrons. The number of hydrogen-bond donors (Lipinski definition) is 1. The monoisotopic (exact) mass is 484 g/mol. The van der Waals surface area contributed by atoms with Gasteiger partial charge in [-0.3, -0.25) is 4.79 Å². The van der Waals surface area contributed by atoms with Gasteiger partial charge in [-0.25, -0.2) is 18.2 Å². The first-order valence-corrected chi connectivity index (χ1v) is 11.0. The van der Waals surface area contributed by atoms with Crippen molar-refractivity contribution in [3.8, 4) is 22.1 Å². The molecule has 0 fully saturated rings. The molecule has 0 aliphatic rings.